The molecule has 0 fully saturated rings. The fraction of sp³-hybridized carbons (Fsp3) is 0.500. The molecule has 0 radical (unpaired) electrons. The standard InChI is InChI=1S/C14H18N4OS/c1-10-12(9-20-16-10)14(19)17(2)7-11-3-4-13-15-5-6-18(13)8-11/h5-6,9,11H,3-4,7-8H2,1-2H3. The van der Waals surface area contributed by atoms with Crippen molar-refractivity contribution in [2.24, 2.45) is 5.92 Å². The van der Waals surface area contributed by atoms with Gasteiger partial charge in [-0.2, -0.15) is 4.37 Å². The SMILES string of the molecule is Cc1nscc1C(=O)N(C)CC1CCc2nccn2C1. The van der Waals surface area contributed by atoms with Crippen molar-refractivity contribution in [1.29, 1.82) is 0 Å². The minimum Gasteiger partial charge on any atom is -0.341 e. The number of nitrogens with zero attached hydrogens (tertiary/aromatic N) is 4. The molecule has 2 aromatic rings. The maximum Gasteiger partial charge on any atom is 0.256 e. The van der Waals surface area contributed by atoms with Gasteiger partial charge in [0.15, 0.2) is 0 Å². The Kier molecular flexibility index (Phi) is 3.56. The second-order valence-corrected chi connectivity index (χ2v) is 6.03. The fourth-order valence-corrected chi connectivity index (χ4v) is 3.45. The zero-order valence-corrected chi connectivity index (χ0v) is 12.6. The first-order chi connectivity index (χ1) is 9.65. The van der Waals surface area contributed by atoms with Gasteiger partial charge in [-0.15, -0.1) is 0 Å². The van der Waals surface area contributed by atoms with E-state index in [2.05, 4.69) is 13.9 Å². The minimum absolute atomic E-state index is 0.0766. The van der Waals surface area contributed by atoms with Crippen molar-refractivity contribution in [1.82, 2.24) is 18.8 Å². The van der Waals surface area contributed by atoms with E-state index < -0.39 is 0 Å². The third kappa shape index (κ3) is 2.47. The predicted molar refractivity (Wildman–Crippen MR) is 77.8 cm³/mol. The van der Waals surface area contributed by atoms with Crippen molar-refractivity contribution in [3.05, 3.63) is 34.9 Å². The molecule has 1 unspecified atom stereocenters. The highest BCUT2D eigenvalue weighted by atomic mass is 32.1. The minimum atomic E-state index is 0.0766. The Labute approximate surface area is 122 Å². The lowest BCUT2D eigenvalue weighted by atomic mass is 9.98. The first-order valence-electron chi connectivity index (χ1n) is 6.81. The Balaban J connectivity index is 1.64. The second kappa shape index (κ2) is 5.36. The lowest BCUT2D eigenvalue weighted by molar-refractivity contribution is 0.0760. The summed E-state index contributed by atoms with van der Waals surface area (Å²) in [6.07, 6.45) is 5.97. The number of rotatable bonds is 3. The Morgan fingerprint density at radius 3 is 3.20 bits per heavy atom. The van der Waals surface area contributed by atoms with E-state index in [-0.39, 0.29) is 5.91 Å². The number of aryl methyl sites for hydroxylation is 2. The van der Waals surface area contributed by atoms with E-state index in [0.717, 1.165) is 43.0 Å². The summed E-state index contributed by atoms with van der Waals surface area (Å²) < 4.78 is 6.37. The topological polar surface area (TPSA) is 51.0 Å². The lowest BCUT2D eigenvalue weighted by Crippen LogP contribution is -2.35. The summed E-state index contributed by atoms with van der Waals surface area (Å²) in [7, 11) is 1.88. The molecule has 0 saturated carbocycles. The van der Waals surface area contributed by atoms with Crippen LogP contribution in [-0.4, -0.2) is 38.3 Å². The number of hydrogen-bond acceptors (Lipinski definition) is 4. The van der Waals surface area contributed by atoms with Crippen LogP contribution in [-0.2, 0) is 13.0 Å². The summed E-state index contributed by atoms with van der Waals surface area (Å²) in [5.74, 6) is 1.73. The molecule has 0 bridgehead atoms. The van der Waals surface area contributed by atoms with Gasteiger partial charge in [0.1, 0.15) is 5.82 Å². The average Bonchev–Trinajstić information content (AvgIpc) is 3.05. The van der Waals surface area contributed by atoms with Crippen LogP contribution >= 0.6 is 11.5 Å². The summed E-state index contributed by atoms with van der Waals surface area (Å²) >= 11 is 1.34. The van der Waals surface area contributed by atoms with E-state index >= 15 is 0 Å². The molecule has 3 rings (SSSR count). The Bertz CT molecular complexity index is 618. The molecular weight excluding hydrogens is 272 g/mol. The quantitative estimate of drug-likeness (QED) is 0.868. The number of carbonyl (C=O) groups is 1. The lowest BCUT2D eigenvalue weighted by Gasteiger charge is -2.28. The van der Waals surface area contributed by atoms with E-state index in [1.807, 2.05) is 36.6 Å². The largest absolute Gasteiger partial charge is 0.341 e. The highest BCUT2D eigenvalue weighted by Gasteiger charge is 2.23. The number of amides is 1. The van der Waals surface area contributed by atoms with Crippen LogP contribution in [0.4, 0.5) is 0 Å². The number of hydrogen-bond donors (Lipinski definition) is 0. The Morgan fingerprint density at radius 1 is 1.60 bits per heavy atom. The smallest absolute Gasteiger partial charge is 0.256 e. The van der Waals surface area contributed by atoms with Gasteiger partial charge in [-0.05, 0) is 30.8 Å². The van der Waals surface area contributed by atoms with Crippen LogP contribution < -0.4 is 0 Å². The number of imidazole rings is 1. The van der Waals surface area contributed by atoms with Gasteiger partial charge in [0.2, 0.25) is 0 Å². The van der Waals surface area contributed by atoms with Crippen LogP contribution in [0.15, 0.2) is 17.8 Å². The number of aromatic nitrogens is 3. The molecule has 0 aromatic carbocycles. The molecule has 6 heteroatoms. The molecule has 1 aliphatic rings. The van der Waals surface area contributed by atoms with Crippen LogP contribution in [0.2, 0.25) is 0 Å². The Hall–Kier alpha value is -1.69. The van der Waals surface area contributed by atoms with Gasteiger partial charge in [-0.25, -0.2) is 4.98 Å². The molecule has 3 heterocycles. The maximum absolute atomic E-state index is 12.4. The zero-order valence-electron chi connectivity index (χ0n) is 11.7. The van der Waals surface area contributed by atoms with Gasteiger partial charge < -0.3 is 9.47 Å². The molecular formula is C14H18N4OS. The van der Waals surface area contributed by atoms with E-state index in [1.54, 1.807) is 0 Å². The van der Waals surface area contributed by atoms with Gasteiger partial charge >= 0.3 is 0 Å². The molecule has 0 aliphatic carbocycles. The summed E-state index contributed by atoms with van der Waals surface area (Å²) in [5.41, 5.74) is 1.56. The molecule has 0 saturated heterocycles. The van der Waals surface area contributed by atoms with E-state index in [1.165, 1.54) is 11.5 Å². The highest BCUT2D eigenvalue weighted by Crippen LogP contribution is 2.20. The molecule has 0 spiro atoms. The van der Waals surface area contributed by atoms with Crippen molar-refractivity contribution in [2.45, 2.75) is 26.3 Å². The predicted octanol–water partition coefficient (Wildman–Crippen LogP) is 1.98. The van der Waals surface area contributed by atoms with Crippen LogP contribution in [0.1, 0.15) is 28.3 Å². The third-order valence-electron chi connectivity index (χ3n) is 3.89. The maximum atomic E-state index is 12.4. The van der Waals surface area contributed by atoms with Crippen molar-refractivity contribution < 1.29 is 4.79 Å². The summed E-state index contributed by atoms with van der Waals surface area (Å²) in [5, 5.41) is 1.84. The van der Waals surface area contributed by atoms with Crippen LogP contribution in [0.5, 0.6) is 0 Å². The van der Waals surface area contributed by atoms with Gasteiger partial charge in [0.25, 0.3) is 5.91 Å². The molecule has 20 heavy (non-hydrogen) atoms. The second-order valence-electron chi connectivity index (χ2n) is 5.40. The number of fused-ring (bicyclic) bond motifs is 1. The van der Waals surface area contributed by atoms with Crippen molar-refractivity contribution in [2.75, 3.05) is 13.6 Å². The van der Waals surface area contributed by atoms with Crippen LogP contribution in [0.25, 0.3) is 0 Å². The zero-order chi connectivity index (χ0) is 14.1. The average molecular weight is 290 g/mol. The highest BCUT2D eigenvalue weighted by molar-refractivity contribution is 7.03. The Morgan fingerprint density at radius 2 is 2.45 bits per heavy atom. The van der Waals surface area contributed by atoms with Crippen molar-refractivity contribution in [3.8, 4) is 0 Å². The molecule has 0 N–H and O–H groups in total. The van der Waals surface area contributed by atoms with E-state index in [9.17, 15) is 4.79 Å². The molecule has 2 aromatic heterocycles. The van der Waals surface area contributed by atoms with Crippen LogP contribution in [0.3, 0.4) is 0 Å². The molecule has 1 aliphatic heterocycles. The molecule has 106 valence electrons. The first-order valence-corrected chi connectivity index (χ1v) is 7.65. The fourth-order valence-electron chi connectivity index (χ4n) is 2.76. The monoisotopic (exact) mass is 290 g/mol. The summed E-state index contributed by atoms with van der Waals surface area (Å²) in [4.78, 5) is 18.5. The van der Waals surface area contributed by atoms with E-state index in [0.29, 0.717) is 5.92 Å². The molecule has 5 nitrogen and oxygen atoms in total. The van der Waals surface area contributed by atoms with Gasteiger partial charge in [0, 0.05) is 44.3 Å². The third-order valence-corrected chi connectivity index (χ3v) is 4.61. The van der Waals surface area contributed by atoms with Crippen molar-refractivity contribution in [3.63, 3.8) is 0 Å². The van der Waals surface area contributed by atoms with Crippen molar-refractivity contribution >= 4 is 17.4 Å². The summed E-state index contributed by atoms with van der Waals surface area (Å²) in [6.45, 7) is 3.62. The first kappa shape index (κ1) is 13.3. The van der Waals surface area contributed by atoms with Crippen LogP contribution in [0, 0.1) is 12.8 Å². The van der Waals surface area contributed by atoms with E-state index in [4.69, 9.17) is 0 Å². The van der Waals surface area contributed by atoms with Gasteiger partial charge in [-0.1, -0.05) is 0 Å². The van der Waals surface area contributed by atoms with Gasteiger partial charge in [0.05, 0.1) is 11.3 Å². The summed E-state index contributed by atoms with van der Waals surface area (Å²) in [6, 6.07) is 0. The van der Waals surface area contributed by atoms with Gasteiger partial charge in [-0.3, -0.25) is 4.79 Å². The number of carbonyl (C=O) groups excluding carboxylic acids is 1. The molecule has 1 amide bonds. The molecule has 1 atom stereocenters. The normalized spacial score (nSPS) is 17.8.